The minimum atomic E-state index is -1.46. The van der Waals surface area contributed by atoms with Crippen LogP contribution < -0.4 is 9.47 Å². The minimum Gasteiger partial charge on any atom is -0.493 e. The van der Waals surface area contributed by atoms with Gasteiger partial charge in [0, 0.05) is 17.9 Å². The molecule has 1 N–H and O–H groups in total. The lowest BCUT2D eigenvalue weighted by Gasteiger charge is -2.38. The van der Waals surface area contributed by atoms with E-state index in [1.807, 2.05) is 37.3 Å². The van der Waals surface area contributed by atoms with E-state index in [0.29, 0.717) is 27.7 Å². The number of carbonyl (C=O) groups excluding carboxylic acids is 1. The van der Waals surface area contributed by atoms with Gasteiger partial charge in [0.15, 0.2) is 17.2 Å². The Morgan fingerprint density at radius 1 is 1.17 bits per heavy atom. The van der Waals surface area contributed by atoms with Crippen LogP contribution in [0.3, 0.4) is 0 Å². The summed E-state index contributed by atoms with van der Waals surface area (Å²) in [6.07, 6.45) is 0.0939. The Labute approximate surface area is 179 Å². The van der Waals surface area contributed by atoms with Crippen LogP contribution >= 0.6 is 11.8 Å². The van der Waals surface area contributed by atoms with Crippen molar-refractivity contribution < 1.29 is 19.4 Å². The summed E-state index contributed by atoms with van der Waals surface area (Å²) in [6, 6.07) is 15.2. The van der Waals surface area contributed by atoms with Crippen molar-refractivity contribution in [2.75, 3.05) is 20.0 Å². The van der Waals surface area contributed by atoms with Gasteiger partial charge in [-0.05, 0) is 24.6 Å². The highest BCUT2D eigenvalue weighted by molar-refractivity contribution is 8.03. The van der Waals surface area contributed by atoms with Crippen LogP contribution in [-0.2, 0) is 10.5 Å². The molecule has 0 spiro atoms. The molecule has 2 aromatic carbocycles. The molecule has 0 radical (unpaired) electrons. The van der Waals surface area contributed by atoms with Gasteiger partial charge in [-0.2, -0.15) is 5.26 Å². The lowest BCUT2D eigenvalue weighted by molar-refractivity contribution is -0.149. The molecule has 2 unspecified atom stereocenters. The fourth-order valence-corrected chi connectivity index (χ4v) is 5.37. The Hall–Kier alpha value is -2.95. The number of aryl methyl sites for hydroxylation is 1. The molecule has 0 bridgehead atoms. The highest BCUT2D eigenvalue weighted by Gasteiger charge is 2.51. The van der Waals surface area contributed by atoms with Crippen LogP contribution in [0, 0.1) is 18.3 Å². The zero-order valence-electron chi connectivity index (χ0n) is 17.0. The molecule has 0 aromatic heterocycles. The molecule has 2 aliphatic heterocycles. The third-order valence-electron chi connectivity index (χ3n) is 5.63. The summed E-state index contributed by atoms with van der Waals surface area (Å²) < 4.78 is 10.7. The van der Waals surface area contributed by atoms with E-state index in [-0.39, 0.29) is 18.1 Å². The molecule has 1 amide bonds. The number of thioether (sulfide) groups is 1. The molecule has 30 heavy (non-hydrogen) atoms. The van der Waals surface area contributed by atoms with Gasteiger partial charge >= 0.3 is 0 Å². The highest BCUT2D eigenvalue weighted by Crippen LogP contribution is 2.52. The average Bonchev–Trinajstić information content (AvgIpc) is 3.12. The summed E-state index contributed by atoms with van der Waals surface area (Å²) >= 11 is 1.34. The smallest absolute Gasteiger partial charge is 0.231 e. The van der Waals surface area contributed by atoms with E-state index >= 15 is 0 Å². The van der Waals surface area contributed by atoms with E-state index in [2.05, 4.69) is 6.07 Å². The zero-order chi connectivity index (χ0) is 21.5. The number of rotatable bonds is 4. The lowest BCUT2D eigenvalue weighted by Crippen LogP contribution is -2.48. The first kappa shape index (κ1) is 20.3. The first-order chi connectivity index (χ1) is 14.4. The van der Waals surface area contributed by atoms with Gasteiger partial charge in [0.25, 0.3) is 0 Å². The number of hydrogen-bond donors (Lipinski definition) is 1. The average molecular weight is 423 g/mol. The normalized spacial score (nSPS) is 23.2. The summed E-state index contributed by atoms with van der Waals surface area (Å²) in [5.74, 6) is 0.793. The van der Waals surface area contributed by atoms with Gasteiger partial charge in [-0.3, -0.25) is 9.69 Å². The molecule has 154 valence electrons. The summed E-state index contributed by atoms with van der Waals surface area (Å²) in [5, 5.41) is 21.9. The van der Waals surface area contributed by atoms with Crippen molar-refractivity contribution in [1.82, 2.24) is 4.90 Å². The van der Waals surface area contributed by atoms with Gasteiger partial charge in [-0.1, -0.05) is 35.9 Å². The summed E-state index contributed by atoms with van der Waals surface area (Å²) in [4.78, 5) is 14.6. The van der Waals surface area contributed by atoms with Crippen LogP contribution in [0.15, 0.2) is 53.1 Å². The maximum Gasteiger partial charge on any atom is 0.231 e. The van der Waals surface area contributed by atoms with Crippen molar-refractivity contribution in [2.24, 2.45) is 0 Å². The van der Waals surface area contributed by atoms with Crippen molar-refractivity contribution >= 4 is 17.7 Å². The van der Waals surface area contributed by atoms with E-state index in [0.717, 1.165) is 11.1 Å². The fourth-order valence-electron chi connectivity index (χ4n) is 4.01. The van der Waals surface area contributed by atoms with Gasteiger partial charge in [0.1, 0.15) is 0 Å². The quantitative estimate of drug-likeness (QED) is 0.810. The molecule has 4 rings (SSSR count). The van der Waals surface area contributed by atoms with Crippen LogP contribution in [0.5, 0.6) is 11.5 Å². The predicted molar refractivity (Wildman–Crippen MR) is 114 cm³/mol. The first-order valence-corrected chi connectivity index (χ1v) is 10.5. The molecule has 0 saturated carbocycles. The van der Waals surface area contributed by atoms with Crippen molar-refractivity contribution in [1.29, 1.82) is 5.26 Å². The van der Waals surface area contributed by atoms with Crippen LogP contribution in [0.4, 0.5) is 0 Å². The second kappa shape index (κ2) is 7.71. The minimum absolute atomic E-state index is 0.0939. The predicted octanol–water partition coefficient (Wildman–Crippen LogP) is 3.66. The third kappa shape index (κ3) is 3.13. The molecule has 1 saturated heterocycles. The largest absolute Gasteiger partial charge is 0.493 e. The lowest BCUT2D eigenvalue weighted by atomic mass is 9.85. The fraction of sp³-hybridized carbons (Fsp3) is 0.304. The number of fused-ring (bicyclic) bond motifs is 1. The first-order valence-electron chi connectivity index (χ1n) is 9.54. The summed E-state index contributed by atoms with van der Waals surface area (Å²) in [7, 11) is 3.11. The van der Waals surface area contributed by atoms with Gasteiger partial charge < -0.3 is 14.6 Å². The second-order valence-corrected chi connectivity index (χ2v) is 8.37. The molecular formula is C23H22N2O4S. The van der Waals surface area contributed by atoms with E-state index in [4.69, 9.17) is 9.47 Å². The van der Waals surface area contributed by atoms with E-state index < -0.39 is 11.6 Å². The third-order valence-corrected chi connectivity index (χ3v) is 6.86. The molecule has 7 heteroatoms. The number of allylic oxidation sites excluding steroid dienone is 1. The highest BCUT2D eigenvalue weighted by atomic mass is 32.2. The molecule has 2 aromatic rings. The van der Waals surface area contributed by atoms with Crippen molar-refractivity contribution in [3.63, 3.8) is 0 Å². The number of benzene rings is 2. The molecular weight excluding hydrogens is 400 g/mol. The maximum absolute atomic E-state index is 13.2. The number of carbonyl (C=O) groups is 1. The van der Waals surface area contributed by atoms with E-state index in [1.165, 1.54) is 16.7 Å². The van der Waals surface area contributed by atoms with Gasteiger partial charge in [-0.25, -0.2) is 0 Å². The van der Waals surface area contributed by atoms with Crippen molar-refractivity contribution in [3.05, 3.63) is 69.8 Å². The number of ether oxygens (including phenoxy) is 2. The number of methoxy groups -OCH3 is 2. The van der Waals surface area contributed by atoms with Crippen LogP contribution in [0.25, 0.3) is 0 Å². The van der Waals surface area contributed by atoms with E-state index in [1.54, 1.807) is 26.4 Å². The topological polar surface area (TPSA) is 82.8 Å². The number of aliphatic hydroxyl groups is 1. The summed E-state index contributed by atoms with van der Waals surface area (Å²) in [6.45, 7) is 1.97. The van der Waals surface area contributed by atoms with Crippen LogP contribution in [0.1, 0.15) is 29.0 Å². The number of nitriles is 1. The Morgan fingerprint density at radius 2 is 1.87 bits per heavy atom. The molecule has 2 atom stereocenters. The number of amides is 1. The second-order valence-electron chi connectivity index (χ2n) is 7.40. The monoisotopic (exact) mass is 422 g/mol. The zero-order valence-corrected chi connectivity index (χ0v) is 17.8. The van der Waals surface area contributed by atoms with E-state index in [9.17, 15) is 15.2 Å². The number of nitrogens with zero attached hydrogens (tertiary/aromatic N) is 2. The van der Waals surface area contributed by atoms with Gasteiger partial charge in [0.2, 0.25) is 5.91 Å². The number of hydrogen-bond acceptors (Lipinski definition) is 6. The molecule has 0 aliphatic carbocycles. The Kier molecular flexibility index (Phi) is 5.22. The SMILES string of the molecule is COc1ccc(C2CC(=O)N3C(=C2C#N)SCC3(O)c2ccc(C)cc2)cc1OC. The Bertz CT molecular complexity index is 1070. The molecule has 1 fully saturated rings. The van der Waals surface area contributed by atoms with Crippen molar-refractivity contribution in [2.45, 2.75) is 25.0 Å². The standard InChI is InChI=1S/C23H22N2O4S/c1-14-4-7-16(8-5-14)23(27)13-30-22-18(12-24)17(11-21(26)25(22)23)15-6-9-19(28-2)20(10-15)29-3/h4-10,17,27H,11,13H2,1-3H3. The van der Waals surface area contributed by atoms with Gasteiger partial charge in [-0.15, -0.1) is 11.8 Å². The molecule has 2 aliphatic rings. The molecule has 2 heterocycles. The summed E-state index contributed by atoms with van der Waals surface area (Å²) in [5.41, 5.74) is 1.53. The molecule has 6 nitrogen and oxygen atoms in total. The van der Waals surface area contributed by atoms with Crippen LogP contribution in [0.2, 0.25) is 0 Å². The van der Waals surface area contributed by atoms with Crippen molar-refractivity contribution in [3.8, 4) is 17.6 Å². The van der Waals surface area contributed by atoms with Crippen LogP contribution in [-0.4, -0.2) is 35.9 Å². The Balaban J connectivity index is 1.78. The Morgan fingerprint density at radius 3 is 2.50 bits per heavy atom. The van der Waals surface area contributed by atoms with Gasteiger partial charge in [0.05, 0.1) is 36.6 Å². The maximum atomic E-state index is 13.2.